The normalized spacial score (nSPS) is 18.3. The molecule has 1 aromatic rings. The Kier molecular flexibility index (Phi) is 6.63. The molecule has 0 aliphatic carbocycles. The molecule has 8 heteroatoms. The van der Waals surface area contributed by atoms with Crippen LogP contribution < -0.4 is 5.32 Å². The number of hydrogen-bond acceptors (Lipinski definition) is 3. The predicted octanol–water partition coefficient (Wildman–Crippen LogP) is 2.12. The molecule has 0 radical (unpaired) electrons. The summed E-state index contributed by atoms with van der Waals surface area (Å²) < 4.78 is 38.5. The minimum atomic E-state index is -4.42. The molecule has 0 aromatic heterocycles. The number of carbonyl (C=O) groups is 2. The van der Waals surface area contributed by atoms with E-state index in [0.29, 0.717) is 25.1 Å². The fourth-order valence-corrected chi connectivity index (χ4v) is 2.90. The first-order valence-corrected chi connectivity index (χ1v) is 8.53. The van der Waals surface area contributed by atoms with E-state index in [0.717, 1.165) is 12.1 Å². The van der Waals surface area contributed by atoms with Crippen LogP contribution in [0.1, 0.15) is 24.0 Å². The third kappa shape index (κ3) is 5.72. The van der Waals surface area contributed by atoms with Crippen molar-refractivity contribution in [3.05, 3.63) is 35.4 Å². The first-order chi connectivity index (χ1) is 12.2. The smallest absolute Gasteiger partial charge is 0.355 e. The van der Waals surface area contributed by atoms with Gasteiger partial charge in [0.15, 0.2) is 0 Å². The van der Waals surface area contributed by atoms with E-state index < -0.39 is 11.7 Å². The van der Waals surface area contributed by atoms with Crippen molar-refractivity contribution in [3.8, 4) is 0 Å². The molecule has 0 spiro atoms. The number of alkyl halides is 3. The molecule has 1 saturated heterocycles. The van der Waals surface area contributed by atoms with Gasteiger partial charge in [0.2, 0.25) is 11.8 Å². The molecule has 0 bridgehead atoms. The number of carbonyl (C=O) groups excluding carboxylic acids is 2. The predicted molar refractivity (Wildman–Crippen MR) is 91.1 cm³/mol. The fraction of sp³-hybridized carbons (Fsp3) is 0.556. The third-order valence-electron chi connectivity index (χ3n) is 4.36. The fourth-order valence-electron chi connectivity index (χ4n) is 2.90. The van der Waals surface area contributed by atoms with Crippen LogP contribution in [0.4, 0.5) is 13.2 Å². The largest absolute Gasteiger partial charge is 0.416 e. The quantitative estimate of drug-likeness (QED) is 0.834. The number of hydrogen-bond donors (Lipinski definition) is 1. The number of nitrogens with zero attached hydrogens (tertiary/aromatic N) is 2. The number of likely N-dealkylation sites (N-methyl/N-ethyl adjacent to an activating group) is 1. The van der Waals surface area contributed by atoms with Crippen LogP contribution in [0.2, 0.25) is 0 Å². The molecular formula is C18H24F3N3O2. The summed E-state index contributed by atoms with van der Waals surface area (Å²) in [6.07, 6.45) is -3.73. The van der Waals surface area contributed by atoms with Crippen molar-refractivity contribution in [2.45, 2.75) is 25.6 Å². The summed E-state index contributed by atoms with van der Waals surface area (Å²) >= 11 is 0. The monoisotopic (exact) mass is 371 g/mol. The number of nitrogens with one attached hydrogen (secondary N) is 1. The summed E-state index contributed by atoms with van der Waals surface area (Å²) in [4.78, 5) is 27.8. The van der Waals surface area contributed by atoms with E-state index in [-0.39, 0.29) is 37.2 Å². The molecular weight excluding hydrogens is 347 g/mol. The number of amides is 2. The third-order valence-corrected chi connectivity index (χ3v) is 4.36. The first kappa shape index (κ1) is 20.2. The maximum absolute atomic E-state index is 12.8. The molecule has 1 heterocycles. The van der Waals surface area contributed by atoms with Gasteiger partial charge >= 0.3 is 6.18 Å². The van der Waals surface area contributed by atoms with Crippen LogP contribution in [0.15, 0.2) is 24.3 Å². The summed E-state index contributed by atoms with van der Waals surface area (Å²) in [6, 6.07) is 4.94. The van der Waals surface area contributed by atoms with E-state index in [2.05, 4.69) is 5.32 Å². The van der Waals surface area contributed by atoms with Crippen LogP contribution in [0.5, 0.6) is 0 Å². The van der Waals surface area contributed by atoms with Gasteiger partial charge in [0.25, 0.3) is 0 Å². The molecule has 1 atom stereocenters. The van der Waals surface area contributed by atoms with Gasteiger partial charge in [-0.3, -0.25) is 9.59 Å². The van der Waals surface area contributed by atoms with Crippen LogP contribution in [0, 0.1) is 5.92 Å². The number of likely N-dealkylation sites (tertiary alicyclic amines) is 1. The van der Waals surface area contributed by atoms with Crippen molar-refractivity contribution in [1.29, 1.82) is 0 Å². The molecule has 0 saturated carbocycles. The second kappa shape index (κ2) is 8.53. The zero-order valence-corrected chi connectivity index (χ0v) is 15.0. The van der Waals surface area contributed by atoms with Crippen LogP contribution in [0.25, 0.3) is 0 Å². The molecule has 1 aromatic carbocycles. The van der Waals surface area contributed by atoms with Crippen molar-refractivity contribution in [1.82, 2.24) is 15.1 Å². The maximum atomic E-state index is 12.8. The van der Waals surface area contributed by atoms with Crippen molar-refractivity contribution in [3.63, 3.8) is 0 Å². The molecule has 1 aliphatic rings. The molecule has 26 heavy (non-hydrogen) atoms. The Morgan fingerprint density at radius 2 is 2.08 bits per heavy atom. The second-order valence-electron chi connectivity index (χ2n) is 6.80. The number of rotatable bonds is 6. The molecule has 1 N–H and O–H groups in total. The summed E-state index contributed by atoms with van der Waals surface area (Å²) in [5, 5.41) is 2.84. The van der Waals surface area contributed by atoms with Crippen molar-refractivity contribution in [2.24, 2.45) is 5.92 Å². The molecule has 5 nitrogen and oxygen atoms in total. The summed E-state index contributed by atoms with van der Waals surface area (Å²) in [5.41, 5.74) is -0.334. The van der Waals surface area contributed by atoms with Gasteiger partial charge in [0, 0.05) is 32.6 Å². The van der Waals surface area contributed by atoms with Crippen LogP contribution in [-0.4, -0.2) is 55.3 Å². The Labute approximate surface area is 151 Å². The maximum Gasteiger partial charge on any atom is 0.416 e. The van der Waals surface area contributed by atoms with Gasteiger partial charge in [-0.15, -0.1) is 0 Å². The van der Waals surface area contributed by atoms with E-state index in [1.807, 2.05) is 19.0 Å². The zero-order valence-electron chi connectivity index (χ0n) is 15.0. The molecule has 1 aliphatic heterocycles. The standard InChI is InChI=1S/C18H24F3N3O2/c1-23(2)9-8-22-17(26)14-6-7-16(25)24(12-14)11-13-4-3-5-15(10-13)18(19,20)21/h3-5,10,14H,6-9,11-12H2,1-2H3,(H,22,26). The van der Waals surface area contributed by atoms with E-state index in [9.17, 15) is 22.8 Å². The van der Waals surface area contributed by atoms with Gasteiger partial charge in [-0.05, 0) is 38.2 Å². The average Bonchev–Trinajstić information content (AvgIpc) is 2.56. The lowest BCUT2D eigenvalue weighted by atomic mass is 9.96. The minimum Gasteiger partial charge on any atom is -0.355 e. The average molecular weight is 371 g/mol. The van der Waals surface area contributed by atoms with E-state index in [4.69, 9.17) is 0 Å². The number of halogens is 3. The Bertz CT molecular complexity index is 647. The SMILES string of the molecule is CN(C)CCNC(=O)C1CCC(=O)N(Cc2cccc(C(F)(F)F)c2)C1. The van der Waals surface area contributed by atoms with E-state index >= 15 is 0 Å². The van der Waals surface area contributed by atoms with Gasteiger partial charge in [-0.25, -0.2) is 0 Å². The van der Waals surface area contributed by atoms with Gasteiger partial charge in [-0.1, -0.05) is 12.1 Å². The molecule has 1 fully saturated rings. The molecule has 144 valence electrons. The van der Waals surface area contributed by atoms with Gasteiger partial charge in [-0.2, -0.15) is 13.2 Å². The van der Waals surface area contributed by atoms with Crippen LogP contribution >= 0.6 is 0 Å². The van der Waals surface area contributed by atoms with Crippen molar-refractivity contribution < 1.29 is 22.8 Å². The van der Waals surface area contributed by atoms with Crippen molar-refractivity contribution in [2.75, 3.05) is 33.7 Å². The molecule has 2 amide bonds. The van der Waals surface area contributed by atoms with Crippen LogP contribution in [-0.2, 0) is 22.3 Å². The second-order valence-corrected chi connectivity index (χ2v) is 6.80. The summed E-state index contributed by atoms with van der Waals surface area (Å²) in [6.45, 7) is 1.53. The molecule has 1 unspecified atom stereocenters. The Morgan fingerprint density at radius 1 is 1.35 bits per heavy atom. The van der Waals surface area contributed by atoms with E-state index in [1.54, 1.807) is 6.07 Å². The highest BCUT2D eigenvalue weighted by molar-refractivity contribution is 5.83. The lowest BCUT2D eigenvalue weighted by Crippen LogP contribution is -2.46. The topological polar surface area (TPSA) is 52.7 Å². The van der Waals surface area contributed by atoms with Gasteiger partial charge in [0.05, 0.1) is 11.5 Å². The lowest BCUT2D eigenvalue weighted by molar-refractivity contribution is -0.139. The van der Waals surface area contributed by atoms with Crippen LogP contribution in [0.3, 0.4) is 0 Å². The molecule has 2 rings (SSSR count). The van der Waals surface area contributed by atoms with Gasteiger partial charge < -0.3 is 15.1 Å². The zero-order chi connectivity index (χ0) is 19.3. The Morgan fingerprint density at radius 3 is 2.73 bits per heavy atom. The summed E-state index contributed by atoms with van der Waals surface area (Å²) in [7, 11) is 3.81. The summed E-state index contributed by atoms with van der Waals surface area (Å²) in [5.74, 6) is -0.589. The number of piperidine rings is 1. The highest BCUT2D eigenvalue weighted by atomic mass is 19.4. The highest BCUT2D eigenvalue weighted by Crippen LogP contribution is 2.30. The Balaban J connectivity index is 1.98. The lowest BCUT2D eigenvalue weighted by Gasteiger charge is -2.32. The van der Waals surface area contributed by atoms with E-state index in [1.165, 1.54) is 11.0 Å². The highest BCUT2D eigenvalue weighted by Gasteiger charge is 2.32. The van der Waals surface area contributed by atoms with Gasteiger partial charge in [0.1, 0.15) is 0 Å². The number of benzene rings is 1. The van der Waals surface area contributed by atoms with Crippen molar-refractivity contribution >= 4 is 11.8 Å². The first-order valence-electron chi connectivity index (χ1n) is 8.53. The Hall–Kier alpha value is -2.09. The minimum absolute atomic E-state index is 0.0736.